The summed E-state index contributed by atoms with van der Waals surface area (Å²) in [5.41, 5.74) is 1.79. The SMILES string of the molecule is O=C(O)Cc1cn(C2CC2)c2ccc(O)cc12. The summed E-state index contributed by atoms with van der Waals surface area (Å²) in [5, 5.41) is 19.2. The van der Waals surface area contributed by atoms with Crippen LogP contribution in [0.25, 0.3) is 10.9 Å². The number of benzene rings is 1. The Kier molecular flexibility index (Phi) is 2.11. The first kappa shape index (κ1) is 10.2. The van der Waals surface area contributed by atoms with E-state index in [1.54, 1.807) is 12.1 Å². The molecule has 2 N–H and O–H groups in total. The van der Waals surface area contributed by atoms with Crippen LogP contribution in [0, 0.1) is 0 Å². The van der Waals surface area contributed by atoms with Gasteiger partial charge in [0.15, 0.2) is 0 Å². The van der Waals surface area contributed by atoms with Gasteiger partial charge in [0.05, 0.1) is 6.42 Å². The molecule has 1 saturated carbocycles. The molecule has 0 unspecified atom stereocenters. The summed E-state index contributed by atoms with van der Waals surface area (Å²) in [6.07, 6.45) is 4.21. The molecule has 0 bridgehead atoms. The van der Waals surface area contributed by atoms with Crippen LogP contribution in [0.3, 0.4) is 0 Å². The molecular formula is C13H13NO3. The van der Waals surface area contributed by atoms with Gasteiger partial charge in [0.2, 0.25) is 0 Å². The number of rotatable bonds is 3. The van der Waals surface area contributed by atoms with Crippen LogP contribution in [0.15, 0.2) is 24.4 Å². The van der Waals surface area contributed by atoms with Crippen molar-refractivity contribution in [3.63, 3.8) is 0 Å². The number of carboxylic acid groups (broad SMARTS) is 1. The highest BCUT2D eigenvalue weighted by Crippen LogP contribution is 2.39. The molecule has 0 atom stereocenters. The molecule has 0 radical (unpaired) electrons. The van der Waals surface area contributed by atoms with Crippen molar-refractivity contribution in [3.05, 3.63) is 30.0 Å². The maximum Gasteiger partial charge on any atom is 0.307 e. The van der Waals surface area contributed by atoms with Crippen molar-refractivity contribution >= 4 is 16.9 Å². The molecule has 2 aromatic rings. The molecule has 3 rings (SSSR count). The minimum Gasteiger partial charge on any atom is -0.508 e. The summed E-state index contributed by atoms with van der Waals surface area (Å²) in [6.45, 7) is 0. The van der Waals surface area contributed by atoms with Crippen LogP contribution in [0.1, 0.15) is 24.4 Å². The number of aliphatic carboxylic acids is 1. The summed E-state index contributed by atoms with van der Waals surface area (Å²) in [5.74, 6) is -0.666. The molecule has 1 heterocycles. The maximum atomic E-state index is 10.8. The zero-order valence-electron chi connectivity index (χ0n) is 9.26. The van der Waals surface area contributed by atoms with Crippen molar-refractivity contribution in [1.82, 2.24) is 4.57 Å². The van der Waals surface area contributed by atoms with Crippen molar-refractivity contribution in [3.8, 4) is 5.75 Å². The van der Waals surface area contributed by atoms with Crippen molar-refractivity contribution < 1.29 is 15.0 Å². The van der Waals surface area contributed by atoms with E-state index in [2.05, 4.69) is 4.57 Å². The van der Waals surface area contributed by atoms with Gasteiger partial charge in [-0.1, -0.05) is 0 Å². The number of carboxylic acids is 1. The molecule has 0 amide bonds. The summed E-state index contributed by atoms with van der Waals surface area (Å²) in [4.78, 5) is 10.8. The third-order valence-corrected chi connectivity index (χ3v) is 3.18. The second-order valence-electron chi connectivity index (χ2n) is 4.56. The first-order valence-corrected chi connectivity index (χ1v) is 5.69. The van der Waals surface area contributed by atoms with Crippen LogP contribution in [-0.4, -0.2) is 20.7 Å². The minimum absolute atomic E-state index is 0.000324. The largest absolute Gasteiger partial charge is 0.508 e. The van der Waals surface area contributed by atoms with Crippen molar-refractivity contribution in [1.29, 1.82) is 0 Å². The van der Waals surface area contributed by atoms with Gasteiger partial charge in [-0.25, -0.2) is 0 Å². The molecule has 1 aromatic carbocycles. The third kappa shape index (κ3) is 1.75. The Balaban J connectivity index is 2.19. The second kappa shape index (κ2) is 3.52. The Morgan fingerprint density at radius 2 is 2.18 bits per heavy atom. The van der Waals surface area contributed by atoms with E-state index in [0.717, 1.165) is 29.3 Å². The Bertz CT molecular complexity index is 596. The molecule has 88 valence electrons. The molecule has 1 aliphatic carbocycles. The van der Waals surface area contributed by atoms with Gasteiger partial charge >= 0.3 is 5.97 Å². The maximum absolute atomic E-state index is 10.8. The summed E-state index contributed by atoms with van der Waals surface area (Å²) in [7, 11) is 0. The number of hydrogen-bond acceptors (Lipinski definition) is 2. The molecule has 0 saturated heterocycles. The molecular weight excluding hydrogens is 218 g/mol. The van der Waals surface area contributed by atoms with E-state index in [4.69, 9.17) is 5.11 Å². The van der Waals surface area contributed by atoms with Crippen LogP contribution in [0.5, 0.6) is 5.75 Å². The number of aromatic nitrogens is 1. The van der Waals surface area contributed by atoms with Crippen molar-refractivity contribution in [2.24, 2.45) is 0 Å². The number of carbonyl (C=O) groups is 1. The lowest BCUT2D eigenvalue weighted by molar-refractivity contribution is -0.136. The minimum atomic E-state index is -0.844. The number of aromatic hydroxyl groups is 1. The predicted molar refractivity (Wildman–Crippen MR) is 63.2 cm³/mol. The van der Waals surface area contributed by atoms with Gasteiger partial charge in [-0.05, 0) is 36.6 Å². The predicted octanol–water partition coefficient (Wildman–Crippen LogP) is 2.31. The quantitative estimate of drug-likeness (QED) is 0.852. The fraction of sp³-hybridized carbons (Fsp3) is 0.308. The average Bonchev–Trinajstić information content (AvgIpc) is 3.04. The van der Waals surface area contributed by atoms with Crippen LogP contribution in [0.2, 0.25) is 0 Å². The Labute approximate surface area is 98.1 Å². The molecule has 4 heteroatoms. The normalized spacial score (nSPS) is 15.3. The van der Waals surface area contributed by atoms with E-state index >= 15 is 0 Å². The number of nitrogens with zero attached hydrogens (tertiary/aromatic N) is 1. The fourth-order valence-corrected chi connectivity index (χ4v) is 2.27. The fourth-order valence-electron chi connectivity index (χ4n) is 2.27. The van der Waals surface area contributed by atoms with E-state index in [1.807, 2.05) is 12.3 Å². The number of fused-ring (bicyclic) bond motifs is 1. The van der Waals surface area contributed by atoms with Crippen LogP contribution in [0.4, 0.5) is 0 Å². The highest BCUT2D eigenvalue weighted by atomic mass is 16.4. The Hall–Kier alpha value is -1.97. The smallest absolute Gasteiger partial charge is 0.307 e. The topological polar surface area (TPSA) is 62.5 Å². The zero-order chi connectivity index (χ0) is 12.0. The second-order valence-corrected chi connectivity index (χ2v) is 4.56. The Morgan fingerprint density at radius 1 is 1.41 bits per heavy atom. The molecule has 0 spiro atoms. The van der Waals surface area contributed by atoms with E-state index in [1.165, 1.54) is 0 Å². The van der Waals surface area contributed by atoms with Gasteiger partial charge < -0.3 is 14.8 Å². The number of hydrogen-bond donors (Lipinski definition) is 2. The lowest BCUT2D eigenvalue weighted by Gasteiger charge is -2.01. The number of phenols is 1. The van der Waals surface area contributed by atoms with Crippen LogP contribution in [-0.2, 0) is 11.2 Å². The number of phenolic OH excluding ortho intramolecular Hbond substituents is 1. The first-order chi connectivity index (χ1) is 8.15. The highest BCUT2D eigenvalue weighted by molar-refractivity contribution is 5.88. The highest BCUT2D eigenvalue weighted by Gasteiger charge is 2.26. The monoisotopic (exact) mass is 231 g/mol. The van der Waals surface area contributed by atoms with Gasteiger partial charge in [0.1, 0.15) is 5.75 Å². The third-order valence-electron chi connectivity index (χ3n) is 3.18. The van der Waals surface area contributed by atoms with E-state index < -0.39 is 5.97 Å². The molecule has 1 aromatic heterocycles. The average molecular weight is 231 g/mol. The van der Waals surface area contributed by atoms with Gasteiger partial charge in [-0.15, -0.1) is 0 Å². The zero-order valence-corrected chi connectivity index (χ0v) is 9.26. The summed E-state index contributed by atoms with van der Waals surface area (Å²) in [6, 6.07) is 5.65. The van der Waals surface area contributed by atoms with Crippen LogP contribution >= 0.6 is 0 Å². The summed E-state index contributed by atoms with van der Waals surface area (Å²) >= 11 is 0. The molecule has 17 heavy (non-hydrogen) atoms. The van der Waals surface area contributed by atoms with Crippen LogP contribution < -0.4 is 0 Å². The van der Waals surface area contributed by atoms with Gasteiger partial charge in [-0.3, -0.25) is 4.79 Å². The lowest BCUT2D eigenvalue weighted by atomic mass is 10.1. The lowest BCUT2D eigenvalue weighted by Crippen LogP contribution is -1.99. The van der Waals surface area contributed by atoms with E-state index in [0.29, 0.717) is 6.04 Å². The van der Waals surface area contributed by atoms with Gasteiger partial charge in [0, 0.05) is 23.1 Å². The van der Waals surface area contributed by atoms with Gasteiger partial charge in [-0.2, -0.15) is 0 Å². The molecule has 1 fully saturated rings. The molecule has 0 aliphatic heterocycles. The first-order valence-electron chi connectivity index (χ1n) is 5.69. The van der Waals surface area contributed by atoms with E-state index in [-0.39, 0.29) is 12.2 Å². The molecule has 1 aliphatic rings. The van der Waals surface area contributed by atoms with Gasteiger partial charge in [0.25, 0.3) is 0 Å². The van der Waals surface area contributed by atoms with Crippen molar-refractivity contribution in [2.45, 2.75) is 25.3 Å². The van der Waals surface area contributed by atoms with E-state index in [9.17, 15) is 9.90 Å². The Morgan fingerprint density at radius 3 is 2.82 bits per heavy atom. The summed E-state index contributed by atoms with van der Waals surface area (Å²) < 4.78 is 2.13. The standard InChI is InChI=1S/C13H13NO3/c15-10-3-4-12-11(6-10)8(5-13(16)17)7-14(12)9-1-2-9/h3-4,6-7,9,15H,1-2,5H2,(H,16,17). The van der Waals surface area contributed by atoms with Crippen molar-refractivity contribution in [2.75, 3.05) is 0 Å². The molecule has 4 nitrogen and oxygen atoms in total.